The van der Waals surface area contributed by atoms with Crippen LogP contribution in [0.4, 0.5) is 4.39 Å². The molecule has 0 spiro atoms. The topological polar surface area (TPSA) is 30.5 Å². The first-order valence-electron chi connectivity index (χ1n) is 6.53. The highest BCUT2D eigenvalue weighted by Crippen LogP contribution is 2.21. The van der Waals surface area contributed by atoms with Gasteiger partial charge in [-0.3, -0.25) is 0 Å². The average molecular weight is 334 g/mol. The minimum Gasteiger partial charge on any atom is -0.489 e. The zero-order valence-corrected chi connectivity index (χ0v) is 13.0. The maximum absolute atomic E-state index is 13.2. The molecular weight excluding hydrogens is 313 g/mol. The molecular formula is C14H21BrFNO2. The fraction of sp³-hybridized carbons (Fsp3) is 0.571. The van der Waals surface area contributed by atoms with E-state index in [9.17, 15) is 4.39 Å². The molecule has 108 valence electrons. The van der Waals surface area contributed by atoms with Gasteiger partial charge in [0.25, 0.3) is 0 Å². The monoisotopic (exact) mass is 333 g/mol. The number of rotatable bonds is 9. The fourth-order valence-electron chi connectivity index (χ4n) is 1.62. The van der Waals surface area contributed by atoms with Gasteiger partial charge in [-0.2, -0.15) is 0 Å². The highest BCUT2D eigenvalue weighted by Gasteiger charge is 2.05. The van der Waals surface area contributed by atoms with Crippen molar-refractivity contribution < 1.29 is 13.9 Å². The van der Waals surface area contributed by atoms with Crippen molar-refractivity contribution in [2.45, 2.75) is 26.4 Å². The molecule has 0 bridgehead atoms. The Morgan fingerprint density at radius 1 is 1.37 bits per heavy atom. The predicted molar refractivity (Wildman–Crippen MR) is 78.2 cm³/mol. The predicted octanol–water partition coefficient (Wildman–Crippen LogP) is 3.37. The number of nitrogens with one attached hydrogen (secondary N) is 1. The molecule has 0 fully saturated rings. The van der Waals surface area contributed by atoms with Gasteiger partial charge in [0.2, 0.25) is 0 Å². The van der Waals surface area contributed by atoms with Crippen LogP contribution < -0.4 is 10.1 Å². The van der Waals surface area contributed by atoms with Crippen molar-refractivity contribution in [1.29, 1.82) is 0 Å². The van der Waals surface area contributed by atoms with E-state index in [2.05, 4.69) is 21.2 Å². The van der Waals surface area contributed by atoms with Crippen molar-refractivity contribution in [2.24, 2.45) is 0 Å². The summed E-state index contributed by atoms with van der Waals surface area (Å²) in [5, 5.41) is 3.28. The van der Waals surface area contributed by atoms with Gasteiger partial charge in [0.05, 0.1) is 0 Å². The van der Waals surface area contributed by atoms with Crippen LogP contribution in [0.3, 0.4) is 0 Å². The SMILES string of the molecule is CCOCCCNCC(C)Oc1cc(F)cc(Br)c1. The standard InChI is InChI=1S/C14H21BrFNO2/c1-3-18-6-4-5-17-10-11(2)19-14-8-12(15)7-13(16)9-14/h7-9,11,17H,3-6,10H2,1-2H3. The zero-order chi connectivity index (χ0) is 14.1. The smallest absolute Gasteiger partial charge is 0.128 e. The quantitative estimate of drug-likeness (QED) is 0.703. The number of hydrogen-bond donors (Lipinski definition) is 1. The van der Waals surface area contributed by atoms with Crippen LogP contribution >= 0.6 is 15.9 Å². The number of ether oxygens (including phenoxy) is 2. The number of benzene rings is 1. The lowest BCUT2D eigenvalue weighted by Crippen LogP contribution is -2.30. The van der Waals surface area contributed by atoms with E-state index in [1.54, 1.807) is 6.07 Å². The van der Waals surface area contributed by atoms with Crippen molar-refractivity contribution in [3.05, 3.63) is 28.5 Å². The molecule has 0 heterocycles. The molecule has 0 saturated heterocycles. The molecule has 5 heteroatoms. The lowest BCUT2D eigenvalue weighted by Gasteiger charge is -2.15. The summed E-state index contributed by atoms with van der Waals surface area (Å²) in [5.41, 5.74) is 0. The van der Waals surface area contributed by atoms with Gasteiger partial charge in [-0.25, -0.2) is 4.39 Å². The van der Waals surface area contributed by atoms with Crippen molar-refractivity contribution in [2.75, 3.05) is 26.3 Å². The van der Waals surface area contributed by atoms with Gasteiger partial charge < -0.3 is 14.8 Å². The second-order valence-electron chi connectivity index (χ2n) is 4.29. The molecule has 1 aromatic rings. The van der Waals surface area contributed by atoms with Crippen LogP contribution in [0.25, 0.3) is 0 Å². The molecule has 1 atom stereocenters. The van der Waals surface area contributed by atoms with Crippen LogP contribution in [0.15, 0.2) is 22.7 Å². The third kappa shape index (κ3) is 7.50. The second kappa shape index (κ2) is 9.28. The zero-order valence-electron chi connectivity index (χ0n) is 11.4. The summed E-state index contributed by atoms with van der Waals surface area (Å²) in [6.07, 6.45) is 0.965. The Kier molecular flexibility index (Phi) is 8.02. The number of hydrogen-bond acceptors (Lipinski definition) is 3. The molecule has 0 aliphatic rings. The summed E-state index contributed by atoms with van der Waals surface area (Å²) in [7, 11) is 0. The van der Waals surface area contributed by atoms with Crippen LogP contribution in [0, 0.1) is 5.82 Å². The highest BCUT2D eigenvalue weighted by molar-refractivity contribution is 9.10. The first-order valence-corrected chi connectivity index (χ1v) is 7.32. The second-order valence-corrected chi connectivity index (χ2v) is 5.20. The molecule has 1 rings (SSSR count). The third-order valence-electron chi connectivity index (χ3n) is 2.45. The minimum atomic E-state index is -0.304. The average Bonchev–Trinajstić information content (AvgIpc) is 2.32. The Labute approximate surface area is 122 Å². The summed E-state index contributed by atoms with van der Waals surface area (Å²) < 4.78 is 24.7. The largest absolute Gasteiger partial charge is 0.489 e. The van der Waals surface area contributed by atoms with Gasteiger partial charge in [0, 0.05) is 30.3 Å². The molecule has 0 amide bonds. The van der Waals surface area contributed by atoms with Crippen LogP contribution in [-0.2, 0) is 4.74 Å². The molecule has 0 aromatic heterocycles. The Balaban J connectivity index is 2.21. The molecule has 0 radical (unpaired) electrons. The molecule has 19 heavy (non-hydrogen) atoms. The maximum atomic E-state index is 13.2. The Morgan fingerprint density at radius 3 is 2.84 bits per heavy atom. The van der Waals surface area contributed by atoms with Crippen LogP contribution in [0.1, 0.15) is 20.3 Å². The Hall–Kier alpha value is -0.650. The minimum absolute atomic E-state index is 0.0132. The molecule has 3 nitrogen and oxygen atoms in total. The van der Waals surface area contributed by atoms with E-state index in [1.807, 2.05) is 13.8 Å². The fourth-order valence-corrected chi connectivity index (χ4v) is 2.06. The first-order chi connectivity index (χ1) is 9.11. The van der Waals surface area contributed by atoms with E-state index in [0.29, 0.717) is 10.2 Å². The normalized spacial score (nSPS) is 12.4. The summed E-state index contributed by atoms with van der Waals surface area (Å²) in [4.78, 5) is 0. The Bertz CT molecular complexity index is 356. The van der Waals surface area contributed by atoms with Crippen molar-refractivity contribution in [1.82, 2.24) is 5.32 Å². The third-order valence-corrected chi connectivity index (χ3v) is 2.91. The van der Waals surface area contributed by atoms with Gasteiger partial charge in [-0.05, 0) is 38.9 Å². The maximum Gasteiger partial charge on any atom is 0.128 e. The van der Waals surface area contributed by atoms with Gasteiger partial charge in [-0.15, -0.1) is 0 Å². The Morgan fingerprint density at radius 2 is 2.16 bits per heavy atom. The van der Waals surface area contributed by atoms with E-state index in [1.165, 1.54) is 12.1 Å². The summed E-state index contributed by atoms with van der Waals surface area (Å²) in [6.45, 7) is 7.08. The lowest BCUT2D eigenvalue weighted by molar-refractivity contribution is 0.143. The number of halogens is 2. The molecule has 1 aromatic carbocycles. The van der Waals surface area contributed by atoms with E-state index in [0.717, 1.165) is 32.7 Å². The summed E-state index contributed by atoms with van der Waals surface area (Å²) in [6, 6.07) is 4.55. The molecule has 1 N–H and O–H groups in total. The van der Waals surface area contributed by atoms with E-state index in [4.69, 9.17) is 9.47 Å². The van der Waals surface area contributed by atoms with Crippen molar-refractivity contribution >= 4 is 15.9 Å². The molecule has 0 saturated carbocycles. The van der Waals surface area contributed by atoms with Gasteiger partial charge in [0.15, 0.2) is 0 Å². The van der Waals surface area contributed by atoms with Gasteiger partial charge >= 0.3 is 0 Å². The molecule has 0 aliphatic heterocycles. The van der Waals surface area contributed by atoms with Crippen LogP contribution in [-0.4, -0.2) is 32.4 Å². The van der Waals surface area contributed by atoms with Crippen molar-refractivity contribution in [3.8, 4) is 5.75 Å². The summed E-state index contributed by atoms with van der Waals surface area (Å²) in [5.74, 6) is 0.233. The van der Waals surface area contributed by atoms with Crippen molar-refractivity contribution in [3.63, 3.8) is 0 Å². The lowest BCUT2D eigenvalue weighted by atomic mass is 10.3. The van der Waals surface area contributed by atoms with E-state index < -0.39 is 0 Å². The molecule has 0 aliphatic carbocycles. The highest BCUT2D eigenvalue weighted by atomic mass is 79.9. The van der Waals surface area contributed by atoms with Crippen LogP contribution in [0.2, 0.25) is 0 Å². The van der Waals surface area contributed by atoms with Crippen LogP contribution in [0.5, 0.6) is 5.75 Å². The first kappa shape index (κ1) is 16.4. The van der Waals surface area contributed by atoms with E-state index in [-0.39, 0.29) is 11.9 Å². The van der Waals surface area contributed by atoms with E-state index >= 15 is 0 Å². The summed E-state index contributed by atoms with van der Waals surface area (Å²) >= 11 is 3.24. The van der Waals surface area contributed by atoms with Gasteiger partial charge in [0.1, 0.15) is 17.7 Å². The molecule has 1 unspecified atom stereocenters. The van der Waals surface area contributed by atoms with Gasteiger partial charge in [-0.1, -0.05) is 15.9 Å².